The number of carboxylic acid groups (broad SMARTS) is 1. The molecule has 1 aliphatic rings. The fourth-order valence-corrected chi connectivity index (χ4v) is 2.17. The zero-order valence-corrected chi connectivity index (χ0v) is 9.10. The van der Waals surface area contributed by atoms with Crippen LogP contribution in [0.3, 0.4) is 0 Å². The van der Waals surface area contributed by atoms with Crippen LogP contribution < -0.4 is 0 Å². The first kappa shape index (κ1) is 11.1. The van der Waals surface area contributed by atoms with Crippen LogP contribution in [0.25, 0.3) is 0 Å². The van der Waals surface area contributed by atoms with E-state index >= 15 is 0 Å². The van der Waals surface area contributed by atoms with Gasteiger partial charge in [-0.05, 0) is 35.8 Å². The molecule has 1 unspecified atom stereocenters. The Kier molecular flexibility index (Phi) is 3.25. The van der Waals surface area contributed by atoms with Crippen molar-refractivity contribution in [3.63, 3.8) is 0 Å². The number of rotatable bonds is 5. The smallest absolute Gasteiger partial charge is 0.303 e. The normalized spacial score (nSPS) is 17.1. The molecule has 86 valence electrons. The molecule has 3 nitrogen and oxygen atoms in total. The molecule has 3 heteroatoms. The van der Waals surface area contributed by atoms with E-state index in [1.807, 2.05) is 24.3 Å². The highest BCUT2D eigenvalue weighted by Crippen LogP contribution is 2.44. The molecular weight excluding hydrogens is 204 g/mol. The second-order valence-electron chi connectivity index (χ2n) is 4.44. The molecular formula is C13H16O3. The topological polar surface area (TPSA) is 57.5 Å². The minimum atomic E-state index is -0.744. The summed E-state index contributed by atoms with van der Waals surface area (Å²) >= 11 is 0. The van der Waals surface area contributed by atoms with Crippen molar-refractivity contribution in [2.24, 2.45) is 5.92 Å². The summed E-state index contributed by atoms with van der Waals surface area (Å²) in [6, 6.07) is 7.63. The Balaban J connectivity index is 2.20. The number of benzene rings is 1. The van der Waals surface area contributed by atoms with Gasteiger partial charge in [0.25, 0.3) is 0 Å². The van der Waals surface area contributed by atoms with Crippen LogP contribution in [0.15, 0.2) is 24.3 Å². The molecule has 2 N–H and O–H groups in total. The summed E-state index contributed by atoms with van der Waals surface area (Å²) in [6.45, 7) is 0.0122. The van der Waals surface area contributed by atoms with Gasteiger partial charge in [0, 0.05) is 0 Å². The van der Waals surface area contributed by atoms with Gasteiger partial charge in [0.1, 0.15) is 0 Å². The van der Waals surface area contributed by atoms with E-state index in [1.54, 1.807) is 0 Å². The van der Waals surface area contributed by atoms with Gasteiger partial charge in [0.15, 0.2) is 0 Å². The van der Waals surface area contributed by atoms with Crippen LogP contribution in [0.2, 0.25) is 0 Å². The summed E-state index contributed by atoms with van der Waals surface area (Å²) in [5, 5.41) is 18.0. The van der Waals surface area contributed by atoms with Gasteiger partial charge in [-0.15, -0.1) is 0 Å². The summed E-state index contributed by atoms with van der Waals surface area (Å²) in [6.07, 6.45) is 2.45. The van der Waals surface area contributed by atoms with Crippen molar-refractivity contribution in [1.29, 1.82) is 0 Å². The molecule has 1 aliphatic carbocycles. The van der Waals surface area contributed by atoms with E-state index in [1.165, 1.54) is 0 Å². The van der Waals surface area contributed by atoms with E-state index in [0.29, 0.717) is 5.92 Å². The zero-order valence-electron chi connectivity index (χ0n) is 9.10. The number of hydrogen-bond donors (Lipinski definition) is 2. The molecule has 0 amide bonds. The summed E-state index contributed by atoms with van der Waals surface area (Å²) in [7, 11) is 0. The Morgan fingerprint density at radius 2 is 2.19 bits per heavy atom. The average Bonchev–Trinajstić information content (AvgIpc) is 3.09. The summed E-state index contributed by atoms with van der Waals surface area (Å²) in [5.41, 5.74) is 1.91. The SMILES string of the molecule is O=C(O)CC(c1cccc(CO)c1)C1CC1. The van der Waals surface area contributed by atoms with E-state index < -0.39 is 5.97 Å². The standard InChI is InChI=1S/C13H16O3/c14-8-9-2-1-3-11(6-9)12(7-13(15)16)10-4-5-10/h1-3,6,10,12,14H,4-5,7-8H2,(H,15,16). The second-order valence-corrected chi connectivity index (χ2v) is 4.44. The lowest BCUT2D eigenvalue weighted by molar-refractivity contribution is -0.137. The summed E-state index contributed by atoms with van der Waals surface area (Å²) in [5.74, 6) is -0.111. The molecule has 0 heterocycles. The summed E-state index contributed by atoms with van der Waals surface area (Å²) < 4.78 is 0. The molecule has 0 radical (unpaired) electrons. The molecule has 0 bridgehead atoms. The van der Waals surface area contributed by atoms with Crippen LogP contribution in [0.1, 0.15) is 36.3 Å². The number of aliphatic hydroxyl groups excluding tert-OH is 1. The van der Waals surface area contributed by atoms with Crippen LogP contribution in [-0.2, 0) is 11.4 Å². The highest BCUT2D eigenvalue weighted by molar-refractivity contribution is 5.68. The van der Waals surface area contributed by atoms with Gasteiger partial charge in [0.2, 0.25) is 0 Å². The van der Waals surface area contributed by atoms with E-state index in [0.717, 1.165) is 24.0 Å². The molecule has 0 aromatic heterocycles. The molecule has 1 atom stereocenters. The molecule has 16 heavy (non-hydrogen) atoms. The number of aliphatic carboxylic acids is 1. The molecule has 0 aliphatic heterocycles. The van der Waals surface area contributed by atoms with Gasteiger partial charge < -0.3 is 10.2 Å². The van der Waals surface area contributed by atoms with Crippen molar-refractivity contribution in [3.8, 4) is 0 Å². The predicted molar refractivity (Wildman–Crippen MR) is 60.1 cm³/mol. The lowest BCUT2D eigenvalue weighted by atomic mass is 9.90. The fourth-order valence-electron chi connectivity index (χ4n) is 2.17. The van der Waals surface area contributed by atoms with E-state index in [4.69, 9.17) is 10.2 Å². The maximum absolute atomic E-state index is 10.8. The molecule has 1 aromatic rings. The van der Waals surface area contributed by atoms with Crippen molar-refractivity contribution >= 4 is 5.97 Å². The van der Waals surface area contributed by atoms with Gasteiger partial charge in [-0.2, -0.15) is 0 Å². The van der Waals surface area contributed by atoms with Crippen LogP contribution in [-0.4, -0.2) is 16.2 Å². The van der Waals surface area contributed by atoms with Crippen LogP contribution in [0.5, 0.6) is 0 Å². The molecule has 2 rings (SSSR count). The van der Waals surface area contributed by atoms with Gasteiger partial charge in [-0.1, -0.05) is 24.3 Å². The second kappa shape index (κ2) is 4.66. The largest absolute Gasteiger partial charge is 0.481 e. The third-order valence-electron chi connectivity index (χ3n) is 3.15. The minimum Gasteiger partial charge on any atom is -0.481 e. The maximum Gasteiger partial charge on any atom is 0.303 e. The van der Waals surface area contributed by atoms with Crippen molar-refractivity contribution in [3.05, 3.63) is 35.4 Å². The highest BCUT2D eigenvalue weighted by Gasteiger charge is 2.33. The molecule has 1 saturated carbocycles. The van der Waals surface area contributed by atoms with Crippen LogP contribution in [0, 0.1) is 5.92 Å². The monoisotopic (exact) mass is 220 g/mol. The maximum atomic E-state index is 10.8. The predicted octanol–water partition coefficient (Wildman–Crippen LogP) is 2.15. The van der Waals surface area contributed by atoms with Gasteiger partial charge in [-0.25, -0.2) is 0 Å². The van der Waals surface area contributed by atoms with Gasteiger partial charge >= 0.3 is 5.97 Å². The first-order valence-electron chi connectivity index (χ1n) is 5.62. The summed E-state index contributed by atoms with van der Waals surface area (Å²) in [4.78, 5) is 10.8. The molecule has 1 aromatic carbocycles. The van der Waals surface area contributed by atoms with Crippen LogP contribution >= 0.6 is 0 Å². The Labute approximate surface area is 94.7 Å². The number of hydrogen-bond acceptors (Lipinski definition) is 2. The van der Waals surface area contributed by atoms with E-state index in [2.05, 4.69) is 0 Å². The fraction of sp³-hybridized carbons (Fsp3) is 0.462. The Morgan fingerprint density at radius 1 is 1.44 bits per heavy atom. The number of carboxylic acids is 1. The average molecular weight is 220 g/mol. The Morgan fingerprint density at radius 3 is 2.75 bits per heavy atom. The van der Waals surface area contributed by atoms with Gasteiger partial charge in [0.05, 0.1) is 13.0 Å². The highest BCUT2D eigenvalue weighted by atomic mass is 16.4. The third-order valence-corrected chi connectivity index (χ3v) is 3.15. The van der Waals surface area contributed by atoms with E-state index in [9.17, 15) is 4.79 Å². The minimum absolute atomic E-state index is 0.0122. The first-order chi connectivity index (χ1) is 7.70. The van der Waals surface area contributed by atoms with Crippen molar-refractivity contribution < 1.29 is 15.0 Å². The van der Waals surface area contributed by atoms with Crippen LogP contribution in [0.4, 0.5) is 0 Å². The quantitative estimate of drug-likeness (QED) is 0.799. The Hall–Kier alpha value is -1.35. The molecule has 0 saturated heterocycles. The number of carbonyl (C=O) groups is 1. The molecule has 1 fully saturated rings. The lowest BCUT2D eigenvalue weighted by Crippen LogP contribution is -2.08. The zero-order chi connectivity index (χ0) is 11.5. The van der Waals surface area contributed by atoms with Crippen molar-refractivity contribution in [2.45, 2.75) is 31.8 Å². The van der Waals surface area contributed by atoms with Gasteiger partial charge in [-0.3, -0.25) is 4.79 Å². The third kappa shape index (κ3) is 2.61. The lowest BCUT2D eigenvalue weighted by Gasteiger charge is -2.15. The van der Waals surface area contributed by atoms with Crippen molar-refractivity contribution in [2.75, 3.05) is 0 Å². The first-order valence-corrected chi connectivity index (χ1v) is 5.62. The number of aliphatic hydroxyl groups is 1. The Bertz CT molecular complexity index is 383. The van der Waals surface area contributed by atoms with E-state index in [-0.39, 0.29) is 18.9 Å². The van der Waals surface area contributed by atoms with Crippen molar-refractivity contribution in [1.82, 2.24) is 0 Å². The molecule has 0 spiro atoms.